The van der Waals surface area contributed by atoms with Crippen molar-refractivity contribution < 1.29 is 18.9 Å². The highest BCUT2D eigenvalue weighted by atomic mass is 127. The molecule has 2 rings (SSSR count). The van der Waals surface area contributed by atoms with E-state index < -0.39 is 0 Å². The second kappa shape index (κ2) is 12.1. The number of nitrogens with zero attached hydrogens (tertiary/aromatic N) is 1. The van der Waals surface area contributed by atoms with Crippen molar-refractivity contribution in [2.24, 2.45) is 10.7 Å². The third kappa shape index (κ3) is 7.41. The first-order valence-electron chi connectivity index (χ1n) is 8.22. The van der Waals surface area contributed by atoms with Crippen LogP contribution in [0.25, 0.3) is 0 Å². The molecule has 0 bridgehead atoms. The van der Waals surface area contributed by atoms with E-state index in [1.807, 2.05) is 30.3 Å². The van der Waals surface area contributed by atoms with Gasteiger partial charge in [-0.15, -0.1) is 24.0 Å². The first-order chi connectivity index (χ1) is 12.7. The highest BCUT2D eigenvalue weighted by Gasteiger charge is 2.05. The van der Waals surface area contributed by atoms with Crippen molar-refractivity contribution in [1.82, 2.24) is 0 Å². The summed E-state index contributed by atoms with van der Waals surface area (Å²) in [5.41, 5.74) is 6.68. The molecule has 0 atom stereocenters. The molecule has 2 aromatic carbocycles. The van der Waals surface area contributed by atoms with Crippen molar-refractivity contribution >= 4 is 35.6 Å². The third-order valence-electron chi connectivity index (χ3n) is 3.55. The van der Waals surface area contributed by atoms with Crippen LogP contribution in [0.15, 0.2) is 47.5 Å². The number of nitrogens with one attached hydrogen (secondary N) is 1. The Labute approximate surface area is 176 Å². The lowest BCUT2D eigenvalue weighted by atomic mass is 10.3. The Balaban J connectivity index is 0.00000364. The molecule has 0 aromatic heterocycles. The minimum Gasteiger partial charge on any atom is -0.497 e. The standard InChI is InChI=1S/C19H25N3O4.HI/c1-23-15-6-4-7-16(13-15)26-11-5-10-21-19(20)22-14-8-9-17(24-2)18(12-14)25-3;/h4,6-9,12-13H,5,10-11H2,1-3H3,(H3,20,21,22);1H. The Bertz CT molecular complexity index is 741. The summed E-state index contributed by atoms with van der Waals surface area (Å²) in [5, 5.41) is 3.03. The minimum atomic E-state index is 0. The highest BCUT2D eigenvalue weighted by Crippen LogP contribution is 2.29. The van der Waals surface area contributed by atoms with Gasteiger partial charge in [-0.05, 0) is 24.3 Å². The van der Waals surface area contributed by atoms with Crippen molar-refractivity contribution in [3.8, 4) is 23.0 Å². The zero-order valence-electron chi connectivity index (χ0n) is 15.7. The second-order valence-electron chi connectivity index (χ2n) is 5.34. The fourth-order valence-corrected chi connectivity index (χ4v) is 2.25. The van der Waals surface area contributed by atoms with Crippen LogP contribution in [-0.2, 0) is 0 Å². The fourth-order valence-electron chi connectivity index (χ4n) is 2.25. The number of benzene rings is 2. The summed E-state index contributed by atoms with van der Waals surface area (Å²) in [4.78, 5) is 4.29. The Morgan fingerprint density at radius 1 is 0.963 bits per heavy atom. The molecule has 0 aliphatic carbocycles. The van der Waals surface area contributed by atoms with E-state index in [1.54, 1.807) is 33.5 Å². The molecule has 0 spiro atoms. The molecule has 0 radical (unpaired) electrons. The lowest BCUT2D eigenvalue weighted by molar-refractivity contribution is 0.311. The number of halogens is 1. The summed E-state index contributed by atoms with van der Waals surface area (Å²) in [7, 11) is 4.80. The van der Waals surface area contributed by atoms with Gasteiger partial charge in [0.25, 0.3) is 0 Å². The third-order valence-corrected chi connectivity index (χ3v) is 3.55. The topological polar surface area (TPSA) is 87.3 Å². The molecule has 27 heavy (non-hydrogen) atoms. The van der Waals surface area contributed by atoms with E-state index in [2.05, 4.69) is 10.3 Å². The number of aliphatic imine (C=N–C) groups is 1. The molecule has 0 aliphatic rings. The van der Waals surface area contributed by atoms with Crippen LogP contribution in [0.2, 0.25) is 0 Å². The first-order valence-corrected chi connectivity index (χ1v) is 8.22. The van der Waals surface area contributed by atoms with Crippen LogP contribution in [-0.4, -0.2) is 40.4 Å². The van der Waals surface area contributed by atoms with Crippen LogP contribution in [0.3, 0.4) is 0 Å². The molecule has 2 aromatic rings. The lowest BCUT2D eigenvalue weighted by Crippen LogP contribution is -2.23. The largest absolute Gasteiger partial charge is 0.497 e. The lowest BCUT2D eigenvalue weighted by Gasteiger charge is -2.11. The van der Waals surface area contributed by atoms with Crippen molar-refractivity contribution in [3.05, 3.63) is 42.5 Å². The maximum Gasteiger partial charge on any atom is 0.193 e. The van der Waals surface area contributed by atoms with E-state index >= 15 is 0 Å². The zero-order valence-corrected chi connectivity index (χ0v) is 18.1. The smallest absolute Gasteiger partial charge is 0.193 e. The summed E-state index contributed by atoms with van der Waals surface area (Å²) in [5.74, 6) is 3.15. The van der Waals surface area contributed by atoms with Gasteiger partial charge in [-0.3, -0.25) is 4.99 Å². The number of hydrogen-bond donors (Lipinski definition) is 2. The van der Waals surface area contributed by atoms with Crippen LogP contribution in [0.4, 0.5) is 5.69 Å². The SMILES string of the molecule is COc1cccc(OCCCN=C(N)Nc2ccc(OC)c(OC)c2)c1.I. The molecule has 0 aliphatic heterocycles. The van der Waals surface area contributed by atoms with Crippen molar-refractivity contribution in [2.75, 3.05) is 39.8 Å². The molecule has 3 N–H and O–H groups in total. The van der Waals surface area contributed by atoms with Gasteiger partial charge < -0.3 is 30.0 Å². The molecular weight excluding hydrogens is 461 g/mol. The normalized spacial score (nSPS) is 10.6. The van der Waals surface area contributed by atoms with E-state index in [-0.39, 0.29) is 24.0 Å². The van der Waals surface area contributed by atoms with Crippen LogP contribution in [0.5, 0.6) is 23.0 Å². The summed E-state index contributed by atoms with van der Waals surface area (Å²) in [6.45, 7) is 1.09. The summed E-state index contributed by atoms with van der Waals surface area (Å²) < 4.78 is 21.3. The first kappa shape index (κ1) is 22.7. The van der Waals surface area contributed by atoms with Crippen LogP contribution in [0.1, 0.15) is 6.42 Å². The Morgan fingerprint density at radius 3 is 2.41 bits per heavy atom. The summed E-state index contributed by atoms with van der Waals surface area (Å²) in [6, 6.07) is 12.9. The van der Waals surface area contributed by atoms with Crippen LogP contribution < -0.4 is 30.0 Å². The molecule has 0 amide bonds. The highest BCUT2D eigenvalue weighted by molar-refractivity contribution is 14.0. The molecule has 0 fully saturated rings. The fraction of sp³-hybridized carbons (Fsp3) is 0.316. The molecule has 0 saturated carbocycles. The molecule has 7 nitrogen and oxygen atoms in total. The Morgan fingerprint density at radius 2 is 1.70 bits per heavy atom. The number of nitrogens with two attached hydrogens (primary N) is 1. The zero-order chi connectivity index (χ0) is 18.8. The Kier molecular flexibility index (Phi) is 10.2. The van der Waals surface area contributed by atoms with Crippen molar-refractivity contribution in [3.63, 3.8) is 0 Å². The van der Waals surface area contributed by atoms with Gasteiger partial charge >= 0.3 is 0 Å². The molecule has 0 unspecified atom stereocenters. The average Bonchev–Trinajstić information content (AvgIpc) is 2.67. The average molecular weight is 487 g/mol. The van der Waals surface area contributed by atoms with Gasteiger partial charge in [0.1, 0.15) is 11.5 Å². The second-order valence-corrected chi connectivity index (χ2v) is 5.34. The predicted molar refractivity (Wildman–Crippen MR) is 118 cm³/mol. The van der Waals surface area contributed by atoms with E-state index in [0.717, 1.165) is 23.6 Å². The maximum absolute atomic E-state index is 5.91. The van der Waals surface area contributed by atoms with Gasteiger partial charge in [-0.1, -0.05) is 6.07 Å². The number of guanidine groups is 1. The van der Waals surface area contributed by atoms with Gasteiger partial charge in [0.2, 0.25) is 0 Å². The Hall–Kier alpha value is -2.36. The number of ether oxygens (including phenoxy) is 4. The van der Waals surface area contributed by atoms with Gasteiger partial charge in [-0.2, -0.15) is 0 Å². The molecule has 0 saturated heterocycles. The minimum absolute atomic E-state index is 0. The van der Waals surface area contributed by atoms with Gasteiger partial charge in [0.05, 0.1) is 27.9 Å². The number of methoxy groups -OCH3 is 3. The summed E-state index contributed by atoms with van der Waals surface area (Å²) in [6.07, 6.45) is 0.742. The van der Waals surface area contributed by atoms with Crippen LogP contribution in [0, 0.1) is 0 Å². The van der Waals surface area contributed by atoms with Gasteiger partial charge in [-0.25, -0.2) is 0 Å². The molecule has 148 valence electrons. The van der Waals surface area contributed by atoms with E-state index in [0.29, 0.717) is 30.6 Å². The van der Waals surface area contributed by atoms with E-state index in [9.17, 15) is 0 Å². The monoisotopic (exact) mass is 487 g/mol. The predicted octanol–water partition coefficient (Wildman–Crippen LogP) is 3.53. The van der Waals surface area contributed by atoms with Gasteiger partial charge in [0, 0.05) is 30.8 Å². The molecule has 0 heterocycles. The van der Waals surface area contributed by atoms with Crippen LogP contribution >= 0.6 is 24.0 Å². The summed E-state index contributed by atoms with van der Waals surface area (Å²) >= 11 is 0. The maximum atomic E-state index is 5.91. The molecular formula is C19H26IN3O4. The van der Waals surface area contributed by atoms with Crippen molar-refractivity contribution in [1.29, 1.82) is 0 Å². The molecule has 8 heteroatoms. The van der Waals surface area contributed by atoms with E-state index in [4.69, 9.17) is 24.7 Å². The number of rotatable bonds is 9. The van der Waals surface area contributed by atoms with Gasteiger partial charge in [0.15, 0.2) is 17.5 Å². The van der Waals surface area contributed by atoms with Crippen molar-refractivity contribution in [2.45, 2.75) is 6.42 Å². The number of anilines is 1. The van der Waals surface area contributed by atoms with E-state index in [1.165, 1.54) is 0 Å². The quantitative estimate of drug-likeness (QED) is 0.244. The number of hydrogen-bond acceptors (Lipinski definition) is 5.